The largest absolute Gasteiger partial charge is 0.0845 e. The van der Waals surface area contributed by atoms with Crippen molar-refractivity contribution in [2.75, 3.05) is 0 Å². The molecule has 0 spiro atoms. The van der Waals surface area contributed by atoms with Crippen LogP contribution in [-0.4, -0.2) is 0 Å². The summed E-state index contributed by atoms with van der Waals surface area (Å²) in [6, 6.07) is 0. The van der Waals surface area contributed by atoms with E-state index in [1.807, 2.05) is 0 Å². The van der Waals surface area contributed by atoms with Crippen molar-refractivity contribution in [3.05, 3.63) is 18.6 Å². The van der Waals surface area contributed by atoms with Crippen molar-refractivity contribution in [1.82, 2.24) is 0 Å². The summed E-state index contributed by atoms with van der Waals surface area (Å²) >= 11 is 0. The standard InChI is InChI=1S/C16H27/c1-2-3-4-5-6-7-8-11-16-12-9-15(14-16)10-13-16/h9-10,12,15H,2-8,11,13-14H2,1H3. The van der Waals surface area contributed by atoms with E-state index in [4.69, 9.17) is 0 Å². The molecule has 1 fully saturated rings. The fraction of sp³-hybridized carbons (Fsp3) is 0.812. The zero-order valence-corrected chi connectivity index (χ0v) is 10.9. The van der Waals surface area contributed by atoms with Gasteiger partial charge in [-0.3, -0.25) is 0 Å². The molecule has 1 saturated carbocycles. The van der Waals surface area contributed by atoms with Gasteiger partial charge in [0.1, 0.15) is 0 Å². The maximum atomic E-state index is 2.53. The summed E-state index contributed by atoms with van der Waals surface area (Å²) in [6.07, 6.45) is 21.8. The van der Waals surface area contributed by atoms with Crippen molar-refractivity contribution in [1.29, 1.82) is 0 Å². The topological polar surface area (TPSA) is 0 Å². The number of hydrogen-bond acceptors (Lipinski definition) is 0. The fourth-order valence-corrected chi connectivity index (χ4v) is 3.35. The summed E-state index contributed by atoms with van der Waals surface area (Å²) in [5.41, 5.74) is 0.619. The molecular formula is C16H27. The second-order valence-electron chi connectivity index (χ2n) is 5.90. The molecule has 0 saturated heterocycles. The van der Waals surface area contributed by atoms with Crippen LogP contribution in [0.5, 0.6) is 0 Å². The third-order valence-corrected chi connectivity index (χ3v) is 4.44. The Kier molecular flexibility index (Phi) is 4.49. The molecule has 0 amide bonds. The number of unbranched alkanes of at least 4 members (excludes halogenated alkanes) is 6. The van der Waals surface area contributed by atoms with Gasteiger partial charge in [-0.1, -0.05) is 64.0 Å². The molecule has 0 heterocycles. The molecule has 0 aromatic rings. The van der Waals surface area contributed by atoms with Gasteiger partial charge in [0.15, 0.2) is 0 Å². The smallest absolute Gasteiger partial charge is 0.0109 e. The molecule has 0 aromatic carbocycles. The molecule has 2 aliphatic rings. The minimum atomic E-state index is 0.619. The summed E-state index contributed by atoms with van der Waals surface area (Å²) in [4.78, 5) is 0. The van der Waals surface area contributed by atoms with Gasteiger partial charge in [0.25, 0.3) is 0 Å². The molecule has 0 N–H and O–H groups in total. The number of allylic oxidation sites excluding steroid dienone is 2. The third-order valence-electron chi connectivity index (χ3n) is 4.44. The Morgan fingerprint density at radius 3 is 2.38 bits per heavy atom. The van der Waals surface area contributed by atoms with Gasteiger partial charge in [-0.25, -0.2) is 0 Å². The molecule has 0 heteroatoms. The first-order chi connectivity index (χ1) is 7.85. The van der Waals surface area contributed by atoms with Crippen molar-refractivity contribution in [2.24, 2.45) is 11.3 Å². The van der Waals surface area contributed by atoms with Gasteiger partial charge in [0.05, 0.1) is 0 Å². The fourth-order valence-electron chi connectivity index (χ4n) is 3.35. The van der Waals surface area contributed by atoms with Gasteiger partial charge >= 0.3 is 0 Å². The first kappa shape index (κ1) is 12.2. The Morgan fingerprint density at radius 2 is 1.81 bits per heavy atom. The lowest BCUT2D eigenvalue weighted by molar-refractivity contribution is 0.355. The van der Waals surface area contributed by atoms with E-state index in [1.54, 1.807) is 0 Å². The van der Waals surface area contributed by atoms with Crippen LogP contribution in [0.2, 0.25) is 0 Å². The van der Waals surface area contributed by atoms with Gasteiger partial charge in [0.2, 0.25) is 0 Å². The van der Waals surface area contributed by atoms with Crippen LogP contribution in [0, 0.1) is 17.8 Å². The highest BCUT2D eigenvalue weighted by Gasteiger charge is 2.39. The Balaban J connectivity index is 1.50. The van der Waals surface area contributed by atoms with Crippen LogP contribution in [0.25, 0.3) is 0 Å². The second-order valence-corrected chi connectivity index (χ2v) is 5.90. The maximum absolute atomic E-state index is 2.53. The predicted octanol–water partition coefficient (Wildman–Crippen LogP) is 5.30. The highest BCUT2D eigenvalue weighted by atomic mass is 14.4. The van der Waals surface area contributed by atoms with Crippen LogP contribution in [0.3, 0.4) is 0 Å². The third kappa shape index (κ3) is 3.12. The van der Waals surface area contributed by atoms with E-state index in [2.05, 4.69) is 25.5 Å². The van der Waals surface area contributed by atoms with E-state index in [9.17, 15) is 0 Å². The summed E-state index contributed by atoms with van der Waals surface area (Å²) in [5, 5.41) is 0. The summed E-state index contributed by atoms with van der Waals surface area (Å²) in [7, 11) is 0. The minimum absolute atomic E-state index is 0.619. The molecule has 0 aliphatic heterocycles. The minimum Gasteiger partial charge on any atom is -0.0845 e. The zero-order valence-electron chi connectivity index (χ0n) is 10.9. The van der Waals surface area contributed by atoms with Crippen LogP contribution in [-0.2, 0) is 0 Å². The molecule has 91 valence electrons. The Labute approximate surface area is 102 Å². The van der Waals surface area contributed by atoms with Crippen LogP contribution >= 0.6 is 0 Å². The Morgan fingerprint density at radius 1 is 1.06 bits per heavy atom. The van der Waals surface area contributed by atoms with Crippen LogP contribution in [0.15, 0.2) is 12.2 Å². The van der Waals surface area contributed by atoms with Crippen molar-refractivity contribution < 1.29 is 0 Å². The molecule has 16 heavy (non-hydrogen) atoms. The van der Waals surface area contributed by atoms with E-state index >= 15 is 0 Å². The van der Waals surface area contributed by atoms with Crippen molar-refractivity contribution in [2.45, 2.75) is 71.1 Å². The average molecular weight is 219 g/mol. The molecular weight excluding hydrogens is 192 g/mol. The van der Waals surface area contributed by atoms with Crippen molar-refractivity contribution in [3.8, 4) is 0 Å². The van der Waals surface area contributed by atoms with Gasteiger partial charge in [-0.15, -0.1) is 0 Å². The van der Waals surface area contributed by atoms with Crippen LogP contribution in [0.4, 0.5) is 0 Å². The summed E-state index contributed by atoms with van der Waals surface area (Å²) in [5.74, 6) is 0.838. The lowest BCUT2D eigenvalue weighted by Crippen LogP contribution is -2.10. The lowest BCUT2D eigenvalue weighted by Gasteiger charge is -2.23. The van der Waals surface area contributed by atoms with E-state index in [0.29, 0.717) is 5.41 Å². The van der Waals surface area contributed by atoms with Crippen molar-refractivity contribution in [3.63, 3.8) is 0 Å². The second kappa shape index (κ2) is 5.89. The predicted molar refractivity (Wildman–Crippen MR) is 71.2 cm³/mol. The highest BCUT2D eigenvalue weighted by molar-refractivity contribution is 5.21. The Hall–Kier alpha value is -0.260. The molecule has 2 unspecified atom stereocenters. The highest BCUT2D eigenvalue weighted by Crippen LogP contribution is 2.51. The monoisotopic (exact) mass is 219 g/mol. The molecule has 0 aromatic heterocycles. The van der Waals surface area contributed by atoms with Gasteiger partial charge in [-0.05, 0) is 37.0 Å². The average Bonchev–Trinajstić information content (AvgIpc) is 2.88. The Bertz CT molecular complexity index is 228. The number of fused-ring (bicyclic) bond motifs is 2. The molecule has 0 nitrogen and oxygen atoms in total. The maximum Gasteiger partial charge on any atom is -0.0109 e. The molecule has 2 atom stereocenters. The number of rotatable bonds is 8. The van der Waals surface area contributed by atoms with E-state index in [0.717, 1.165) is 5.92 Å². The molecule has 2 bridgehead atoms. The quantitative estimate of drug-likeness (QED) is 0.384. The zero-order chi connectivity index (χ0) is 11.3. The van der Waals surface area contributed by atoms with Crippen LogP contribution in [0.1, 0.15) is 71.1 Å². The SMILES string of the molecule is CCCCCCCCCC12C=CC([CH]C1)C2. The summed E-state index contributed by atoms with van der Waals surface area (Å²) in [6.45, 7) is 2.29. The molecule has 1 radical (unpaired) electrons. The summed E-state index contributed by atoms with van der Waals surface area (Å²) < 4.78 is 0. The molecule has 2 rings (SSSR count). The van der Waals surface area contributed by atoms with E-state index in [1.165, 1.54) is 64.2 Å². The van der Waals surface area contributed by atoms with Crippen molar-refractivity contribution >= 4 is 0 Å². The molecule has 2 aliphatic carbocycles. The lowest BCUT2D eigenvalue weighted by atomic mass is 9.82. The van der Waals surface area contributed by atoms with Gasteiger partial charge < -0.3 is 0 Å². The normalized spacial score (nSPS) is 31.4. The van der Waals surface area contributed by atoms with Gasteiger partial charge in [0, 0.05) is 0 Å². The first-order valence-electron chi connectivity index (χ1n) is 7.37. The number of hydrogen-bond donors (Lipinski definition) is 0. The van der Waals surface area contributed by atoms with E-state index < -0.39 is 0 Å². The van der Waals surface area contributed by atoms with Gasteiger partial charge in [-0.2, -0.15) is 0 Å². The first-order valence-corrected chi connectivity index (χ1v) is 7.37. The van der Waals surface area contributed by atoms with Crippen LogP contribution < -0.4 is 0 Å². The van der Waals surface area contributed by atoms with E-state index in [-0.39, 0.29) is 0 Å².